The largest absolute Gasteiger partial charge is 0.330 e. The van der Waals surface area contributed by atoms with Crippen LogP contribution in [0.3, 0.4) is 0 Å². The summed E-state index contributed by atoms with van der Waals surface area (Å²) in [4.78, 5) is 0. The molecule has 0 atom stereocenters. The monoisotopic (exact) mass is 156 g/mol. The Bertz CT molecular complexity index is 117. The fraction of sp³-hybridized carbons (Fsp3) is 1.00. The lowest BCUT2D eigenvalue weighted by Gasteiger charge is -2.22. The Labute approximate surface area is 69.5 Å². The zero-order valence-electron chi connectivity index (χ0n) is 7.69. The van der Waals surface area contributed by atoms with Gasteiger partial charge in [0.05, 0.1) is 0 Å². The first-order valence-electron chi connectivity index (χ1n) is 4.55. The Balaban J connectivity index is 1.99. The first kappa shape index (κ1) is 9.01. The lowest BCUT2D eigenvalue weighted by molar-refractivity contribution is 0.350. The summed E-state index contributed by atoms with van der Waals surface area (Å²) in [6.07, 6.45) is 2.85. The molecule has 0 aromatic carbocycles. The number of nitrogens with one attached hydrogen (secondary N) is 1. The minimum absolute atomic E-state index is 0.273. The second-order valence-corrected chi connectivity index (χ2v) is 4.44. The summed E-state index contributed by atoms with van der Waals surface area (Å²) in [7, 11) is 0. The Kier molecular flexibility index (Phi) is 2.90. The van der Waals surface area contributed by atoms with Gasteiger partial charge in [-0.25, -0.2) is 0 Å². The molecule has 3 N–H and O–H groups in total. The van der Waals surface area contributed by atoms with Crippen LogP contribution in [-0.4, -0.2) is 19.6 Å². The summed E-state index contributed by atoms with van der Waals surface area (Å²) >= 11 is 0. The van der Waals surface area contributed by atoms with Crippen molar-refractivity contribution in [3.05, 3.63) is 0 Å². The molecule has 1 fully saturated rings. The van der Waals surface area contributed by atoms with Gasteiger partial charge in [-0.15, -0.1) is 0 Å². The molecule has 2 heteroatoms. The van der Waals surface area contributed by atoms with E-state index in [0.29, 0.717) is 0 Å². The Hall–Kier alpha value is -0.0800. The number of rotatable bonds is 5. The topological polar surface area (TPSA) is 38.0 Å². The first-order valence-corrected chi connectivity index (χ1v) is 4.55. The minimum atomic E-state index is 0.273. The molecule has 0 unspecified atom stereocenters. The van der Waals surface area contributed by atoms with Gasteiger partial charge in [0.25, 0.3) is 0 Å². The smallest absolute Gasteiger partial charge is 0.00147 e. The van der Waals surface area contributed by atoms with Gasteiger partial charge in [0, 0.05) is 6.54 Å². The predicted molar refractivity (Wildman–Crippen MR) is 48.4 cm³/mol. The lowest BCUT2D eigenvalue weighted by Crippen LogP contribution is -2.36. The fourth-order valence-corrected chi connectivity index (χ4v) is 1.01. The van der Waals surface area contributed by atoms with Crippen LogP contribution in [0.2, 0.25) is 0 Å². The van der Waals surface area contributed by atoms with Gasteiger partial charge in [-0.05, 0) is 37.3 Å². The normalized spacial score (nSPS) is 18.8. The molecule has 0 bridgehead atoms. The average molecular weight is 156 g/mol. The molecule has 1 saturated carbocycles. The summed E-state index contributed by atoms with van der Waals surface area (Å²) in [6.45, 7) is 7.42. The molecule has 0 heterocycles. The highest BCUT2D eigenvalue weighted by Gasteiger charge is 2.22. The van der Waals surface area contributed by atoms with Gasteiger partial charge in [-0.1, -0.05) is 13.8 Å². The molecular formula is C9H20N2. The quantitative estimate of drug-likeness (QED) is 0.622. The summed E-state index contributed by atoms with van der Waals surface area (Å²) < 4.78 is 0. The minimum Gasteiger partial charge on any atom is -0.330 e. The molecule has 0 aromatic heterocycles. The van der Waals surface area contributed by atoms with Crippen LogP contribution in [0, 0.1) is 11.3 Å². The molecule has 0 saturated heterocycles. The number of hydrogen-bond acceptors (Lipinski definition) is 2. The Morgan fingerprint density at radius 1 is 1.45 bits per heavy atom. The number of hydrogen-bond donors (Lipinski definition) is 2. The van der Waals surface area contributed by atoms with E-state index in [4.69, 9.17) is 5.73 Å². The van der Waals surface area contributed by atoms with Crippen molar-refractivity contribution < 1.29 is 0 Å². The van der Waals surface area contributed by atoms with Crippen LogP contribution in [-0.2, 0) is 0 Å². The Morgan fingerprint density at radius 2 is 2.09 bits per heavy atom. The predicted octanol–water partition coefficient (Wildman–Crippen LogP) is 0.971. The van der Waals surface area contributed by atoms with Gasteiger partial charge in [-0.3, -0.25) is 0 Å². The van der Waals surface area contributed by atoms with Gasteiger partial charge >= 0.3 is 0 Å². The van der Waals surface area contributed by atoms with E-state index in [-0.39, 0.29) is 5.41 Å². The highest BCUT2D eigenvalue weighted by atomic mass is 14.9. The standard InChI is InChI=1S/C9H20N2/c1-9(2,6-10)7-11-5-8-3-4-8/h8,11H,3-7,10H2,1-2H3. The highest BCUT2D eigenvalue weighted by Crippen LogP contribution is 2.27. The molecule has 0 amide bonds. The van der Waals surface area contributed by atoms with Crippen molar-refractivity contribution in [2.24, 2.45) is 17.1 Å². The third kappa shape index (κ3) is 3.73. The molecule has 11 heavy (non-hydrogen) atoms. The lowest BCUT2D eigenvalue weighted by atomic mass is 9.94. The second kappa shape index (κ2) is 3.55. The number of nitrogens with two attached hydrogens (primary N) is 1. The van der Waals surface area contributed by atoms with Crippen molar-refractivity contribution >= 4 is 0 Å². The second-order valence-electron chi connectivity index (χ2n) is 4.44. The molecule has 2 nitrogen and oxygen atoms in total. The summed E-state index contributed by atoms with van der Waals surface area (Å²) in [5, 5.41) is 3.46. The van der Waals surface area contributed by atoms with Crippen molar-refractivity contribution in [1.82, 2.24) is 5.32 Å². The fourth-order valence-electron chi connectivity index (χ4n) is 1.01. The molecule has 0 aliphatic heterocycles. The Morgan fingerprint density at radius 3 is 2.55 bits per heavy atom. The highest BCUT2D eigenvalue weighted by molar-refractivity contribution is 4.78. The van der Waals surface area contributed by atoms with Crippen molar-refractivity contribution in [3.63, 3.8) is 0 Å². The van der Waals surface area contributed by atoms with Crippen molar-refractivity contribution in [2.45, 2.75) is 26.7 Å². The third-order valence-electron chi connectivity index (χ3n) is 2.29. The molecular weight excluding hydrogens is 136 g/mol. The van der Waals surface area contributed by atoms with Gasteiger partial charge in [0.1, 0.15) is 0 Å². The van der Waals surface area contributed by atoms with Crippen molar-refractivity contribution in [3.8, 4) is 0 Å². The van der Waals surface area contributed by atoms with Crippen LogP contribution in [0.4, 0.5) is 0 Å². The van der Waals surface area contributed by atoms with E-state index in [1.807, 2.05) is 0 Å². The summed E-state index contributed by atoms with van der Waals surface area (Å²) in [5.74, 6) is 0.976. The molecule has 0 radical (unpaired) electrons. The summed E-state index contributed by atoms with van der Waals surface area (Å²) in [6, 6.07) is 0. The molecule has 0 spiro atoms. The summed E-state index contributed by atoms with van der Waals surface area (Å²) in [5.41, 5.74) is 5.87. The average Bonchev–Trinajstić information content (AvgIpc) is 2.71. The molecule has 1 rings (SSSR count). The third-order valence-corrected chi connectivity index (χ3v) is 2.29. The van der Waals surface area contributed by atoms with Crippen LogP contribution >= 0.6 is 0 Å². The van der Waals surface area contributed by atoms with E-state index in [1.54, 1.807) is 0 Å². The molecule has 1 aliphatic carbocycles. The van der Waals surface area contributed by atoms with Crippen LogP contribution in [0.5, 0.6) is 0 Å². The van der Waals surface area contributed by atoms with E-state index >= 15 is 0 Å². The van der Waals surface area contributed by atoms with Gasteiger partial charge < -0.3 is 11.1 Å². The van der Waals surface area contributed by atoms with Crippen molar-refractivity contribution in [1.29, 1.82) is 0 Å². The molecule has 0 aromatic rings. The van der Waals surface area contributed by atoms with Crippen molar-refractivity contribution in [2.75, 3.05) is 19.6 Å². The van der Waals surface area contributed by atoms with Gasteiger partial charge in [0.2, 0.25) is 0 Å². The maximum absolute atomic E-state index is 5.60. The van der Waals surface area contributed by atoms with Crippen LogP contribution < -0.4 is 11.1 Å². The first-order chi connectivity index (χ1) is 5.14. The SMILES string of the molecule is CC(C)(CN)CNCC1CC1. The molecule has 1 aliphatic rings. The van der Waals surface area contributed by atoms with Crippen LogP contribution in [0.1, 0.15) is 26.7 Å². The van der Waals surface area contributed by atoms with E-state index in [0.717, 1.165) is 19.0 Å². The van der Waals surface area contributed by atoms with E-state index in [1.165, 1.54) is 19.4 Å². The van der Waals surface area contributed by atoms with Gasteiger partial charge in [0.15, 0.2) is 0 Å². The van der Waals surface area contributed by atoms with Crippen LogP contribution in [0.15, 0.2) is 0 Å². The van der Waals surface area contributed by atoms with E-state index in [9.17, 15) is 0 Å². The zero-order valence-corrected chi connectivity index (χ0v) is 7.69. The molecule has 66 valence electrons. The maximum atomic E-state index is 5.60. The zero-order chi connectivity index (χ0) is 8.32. The van der Waals surface area contributed by atoms with E-state index in [2.05, 4.69) is 19.2 Å². The van der Waals surface area contributed by atoms with E-state index < -0.39 is 0 Å². The van der Waals surface area contributed by atoms with Gasteiger partial charge in [-0.2, -0.15) is 0 Å². The van der Waals surface area contributed by atoms with Crippen LogP contribution in [0.25, 0.3) is 0 Å². The maximum Gasteiger partial charge on any atom is 0.00147 e.